The second kappa shape index (κ2) is 7.10. The number of esters is 1. The first-order chi connectivity index (χ1) is 11.7. The number of carbonyl (C=O) groups is 2. The van der Waals surface area contributed by atoms with Crippen molar-refractivity contribution in [3.8, 4) is 10.7 Å². The highest BCUT2D eigenvalue weighted by atomic mass is 32.1. The van der Waals surface area contributed by atoms with E-state index in [4.69, 9.17) is 4.74 Å². The summed E-state index contributed by atoms with van der Waals surface area (Å²) in [5, 5.41) is 4.58. The summed E-state index contributed by atoms with van der Waals surface area (Å²) in [7, 11) is 0. The van der Waals surface area contributed by atoms with E-state index < -0.39 is 5.97 Å². The molecule has 0 fully saturated rings. The molecule has 0 spiro atoms. The largest absolute Gasteiger partial charge is 0.461 e. The van der Waals surface area contributed by atoms with E-state index in [0.29, 0.717) is 11.4 Å². The van der Waals surface area contributed by atoms with Crippen molar-refractivity contribution in [2.24, 2.45) is 0 Å². The number of rotatable bonds is 5. The average molecular weight is 341 g/mol. The van der Waals surface area contributed by atoms with Crippen LogP contribution in [0.25, 0.3) is 10.7 Å². The molecule has 0 aliphatic carbocycles. The van der Waals surface area contributed by atoms with Crippen LogP contribution < -0.4 is 5.32 Å². The molecule has 122 valence electrons. The molecule has 3 aromatic rings. The van der Waals surface area contributed by atoms with Crippen molar-refractivity contribution in [1.29, 1.82) is 0 Å². The second-order valence-corrected chi connectivity index (χ2v) is 5.77. The number of aromatic amines is 1. The SMILES string of the molecule is CCOC(=O)c1[nH]c(-c2cccs2)nc1NC(=O)c1ccccc1. The third-order valence-electron chi connectivity index (χ3n) is 3.21. The van der Waals surface area contributed by atoms with Gasteiger partial charge < -0.3 is 15.0 Å². The molecule has 7 heteroatoms. The number of aromatic nitrogens is 2. The summed E-state index contributed by atoms with van der Waals surface area (Å²) >= 11 is 1.48. The number of thiophene rings is 1. The molecule has 2 N–H and O–H groups in total. The van der Waals surface area contributed by atoms with E-state index in [1.807, 2.05) is 23.6 Å². The Balaban J connectivity index is 1.93. The number of nitrogens with zero attached hydrogens (tertiary/aromatic N) is 1. The Morgan fingerprint density at radius 3 is 2.67 bits per heavy atom. The van der Waals surface area contributed by atoms with Gasteiger partial charge >= 0.3 is 5.97 Å². The first-order valence-corrected chi connectivity index (χ1v) is 8.24. The van der Waals surface area contributed by atoms with Crippen molar-refractivity contribution in [2.75, 3.05) is 11.9 Å². The molecule has 6 nitrogen and oxygen atoms in total. The zero-order valence-electron chi connectivity index (χ0n) is 12.9. The number of benzene rings is 1. The van der Waals surface area contributed by atoms with Gasteiger partial charge in [0.2, 0.25) is 0 Å². The molecular formula is C17H15N3O3S. The molecule has 24 heavy (non-hydrogen) atoms. The lowest BCUT2D eigenvalue weighted by atomic mass is 10.2. The fourth-order valence-corrected chi connectivity index (χ4v) is 2.78. The summed E-state index contributed by atoms with van der Waals surface area (Å²) in [4.78, 5) is 32.6. The minimum Gasteiger partial charge on any atom is -0.461 e. The smallest absolute Gasteiger partial charge is 0.358 e. The summed E-state index contributed by atoms with van der Waals surface area (Å²) in [6, 6.07) is 12.5. The lowest BCUT2D eigenvalue weighted by Crippen LogP contribution is -2.15. The molecule has 0 saturated heterocycles. The Kier molecular flexibility index (Phi) is 4.72. The van der Waals surface area contributed by atoms with Crippen LogP contribution in [0, 0.1) is 0 Å². The average Bonchev–Trinajstić information content (AvgIpc) is 3.25. The van der Waals surface area contributed by atoms with Gasteiger partial charge in [-0.1, -0.05) is 24.3 Å². The van der Waals surface area contributed by atoms with E-state index in [2.05, 4.69) is 15.3 Å². The summed E-state index contributed by atoms with van der Waals surface area (Å²) in [6.45, 7) is 1.95. The van der Waals surface area contributed by atoms with E-state index in [0.717, 1.165) is 4.88 Å². The number of hydrogen-bond donors (Lipinski definition) is 2. The fraction of sp³-hybridized carbons (Fsp3) is 0.118. The quantitative estimate of drug-likeness (QED) is 0.695. The maximum Gasteiger partial charge on any atom is 0.358 e. The molecule has 1 amide bonds. The van der Waals surface area contributed by atoms with Gasteiger partial charge in [0.1, 0.15) is 0 Å². The molecule has 2 aromatic heterocycles. The molecular weight excluding hydrogens is 326 g/mol. The van der Waals surface area contributed by atoms with Crippen LogP contribution in [-0.4, -0.2) is 28.5 Å². The van der Waals surface area contributed by atoms with Gasteiger partial charge in [-0.2, -0.15) is 0 Å². The number of nitrogens with one attached hydrogen (secondary N) is 2. The number of ether oxygens (including phenoxy) is 1. The van der Waals surface area contributed by atoms with Gasteiger partial charge in [0.15, 0.2) is 17.3 Å². The highest BCUT2D eigenvalue weighted by Crippen LogP contribution is 2.26. The first kappa shape index (κ1) is 15.9. The highest BCUT2D eigenvalue weighted by molar-refractivity contribution is 7.13. The van der Waals surface area contributed by atoms with Crippen molar-refractivity contribution >= 4 is 29.0 Å². The first-order valence-electron chi connectivity index (χ1n) is 7.36. The van der Waals surface area contributed by atoms with Crippen LogP contribution in [0.4, 0.5) is 5.82 Å². The predicted octanol–water partition coefficient (Wildman–Crippen LogP) is 3.57. The van der Waals surface area contributed by atoms with Crippen LogP contribution in [0.2, 0.25) is 0 Å². The van der Waals surface area contributed by atoms with Crippen molar-refractivity contribution in [2.45, 2.75) is 6.92 Å². The number of anilines is 1. The van der Waals surface area contributed by atoms with E-state index in [1.54, 1.807) is 31.2 Å². The second-order valence-electron chi connectivity index (χ2n) is 4.83. The van der Waals surface area contributed by atoms with Gasteiger partial charge in [0, 0.05) is 5.56 Å². The van der Waals surface area contributed by atoms with Crippen LogP contribution in [-0.2, 0) is 4.74 Å². The van der Waals surface area contributed by atoms with Gasteiger partial charge in [-0.3, -0.25) is 4.79 Å². The van der Waals surface area contributed by atoms with Gasteiger partial charge in [0.25, 0.3) is 5.91 Å². The summed E-state index contributed by atoms with van der Waals surface area (Å²) in [6.07, 6.45) is 0. The lowest BCUT2D eigenvalue weighted by Gasteiger charge is -2.04. The predicted molar refractivity (Wildman–Crippen MR) is 92.3 cm³/mol. The van der Waals surface area contributed by atoms with Crippen molar-refractivity contribution in [1.82, 2.24) is 9.97 Å². The third kappa shape index (κ3) is 3.36. The fourth-order valence-electron chi connectivity index (χ4n) is 2.11. The standard InChI is InChI=1S/C17H15N3O3S/c1-2-23-17(22)13-15(19-14(18-13)12-9-6-10-24-12)20-16(21)11-7-4-3-5-8-11/h3-10H,2H2,1H3,(H,18,19)(H,20,21). The zero-order valence-corrected chi connectivity index (χ0v) is 13.7. The lowest BCUT2D eigenvalue weighted by molar-refractivity contribution is 0.0521. The van der Waals surface area contributed by atoms with Crippen LogP contribution in [0.5, 0.6) is 0 Å². The van der Waals surface area contributed by atoms with Gasteiger partial charge in [-0.05, 0) is 30.5 Å². The summed E-state index contributed by atoms with van der Waals surface area (Å²) in [5.74, 6) is -0.233. The van der Waals surface area contributed by atoms with Crippen LogP contribution in [0.15, 0.2) is 47.8 Å². The summed E-state index contributed by atoms with van der Waals surface area (Å²) < 4.78 is 5.03. The molecule has 0 radical (unpaired) electrons. The van der Waals surface area contributed by atoms with Crippen LogP contribution in [0.1, 0.15) is 27.8 Å². The van der Waals surface area contributed by atoms with Crippen LogP contribution in [0.3, 0.4) is 0 Å². The number of carbonyl (C=O) groups excluding carboxylic acids is 2. The van der Waals surface area contributed by atoms with E-state index in [-0.39, 0.29) is 24.0 Å². The van der Waals surface area contributed by atoms with Gasteiger partial charge in [-0.15, -0.1) is 11.3 Å². The molecule has 2 heterocycles. The van der Waals surface area contributed by atoms with E-state index in [9.17, 15) is 9.59 Å². The highest BCUT2D eigenvalue weighted by Gasteiger charge is 2.21. The normalized spacial score (nSPS) is 10.4. The Bertz CT molecular complexity index is 841. The number of hydrogen-bond acceptors (Lipinski definition) is 5. The minimum absolute atomic E-state index is 0.129. The van der Waals surface area contributed by atoms with Crippen molar-refractivity contribution in [3.63, 3.8) is 0 Å². The molecule has 1 aromatic carbocycles. The Morgan fingerprint density at radius 2 is 2.00 bits per heavy atom. The Labute approximate surface area is 142 Å². The zero-order chi connectivity index (χ0) is 16.9. The monoisotopic (exact) mass is 341 g/mol. The maximum absolute atomic E-state index is 12.3. The molecule has 0 saturated carbocycles. The summed E-state index contributed by atoms with van der Waals surface area (Å²) in [5.41, 5.74) is 0.609. The topological polar surface area (TPSA) is 84.1 Å². The minimum atomic E-state index is -0.559. The van der Waals surface area contributed by atoms with Gasteiger partial charge in [-0.25, -0.2) is 9.78 Å². The molecule has 0 atom stereocenters. The van der Waals surface area contributed by atoms with Crippen molar-refractivity contribution < 1.29 is 14.3 Å². The van der Waals surface area contributed by atoms with E-state index in [1.165, 1.54) is 11.3 Å². The van der Waals surface area contributed by atoms with E-state index >= 15 is 0 Å². The maximum atomic E-state index is 12.3. The van der Waals surface area contributed by atoms with Crippen molar-refractivity contribution in [3.05, 3.63) is 59.1 Å². The number of H-pyrrole nitrogens is 1. The molecule has 3 rings (SSSR count). The molecule has 0 aliphatic heterocycles. The number of imidazole rings is 1. The molecule has 0 unspecified atom stereocenters. The third-order valence-corrected chi connectivity index (χ3v) is 4.08. The molecule has 0 aliphatic rings. The van der Waals surface area contributed by atoms with Crippen LogP contribution >= 0.6 is 11.3 Å². The Hall–Kier alpha value is -2.93. The molecule has 0 bridgehead atoms. The number of amides is 1. The Morgan fingerprint density at radius 1 is 1.21 bits per heavy atom. The van der Waals surface area contributed by atoms with Gasteiger partial charge in [0.05, 0.1) is 11.5 Å².